The number of phenolic OH excluding ortho intramolecular Hbond substituents is 1. The van der Waals surface area contributed by atoms with E-state index < -0.39 is 10.0 Å². The first-order valence-corrected chi connectivity index (χ1v) is 8.94. The average molecular weight is 378 g/mol. The number of carbonyl (C=O) groups excluding carboxylic acids is 1. The fourth-order valence-electron chi connectivity index (χ4n) is 1.82. The molecule has 0 fully saturated rings. The molecule has 0 aromatic heterocycles. The number of primary sulfonamides is 1. The van der Waals surface area contributed by atoms with Gasteiger partial charge in [0.25, 0.3) is 0 Å². The minimum Gasteiger partial charge on any atom is -0.506 e. The van der Waals surface area contributed by atoms with E-state index in [1.807, 2.05) is 18.2 Å². The van der Waals surface area contributed by atoms with Crippen molar-refractivity contribution < 1.29 is 23.2 Å². The predicted molar refractivity (Wildman–Crippen MR) is 97.2 cm³/mol. The lowest BCUT2D eigenvalue weighted by Crippen LogP contribution is -2.21. The normalized spacial score (nSPS) is 11.8. The van der Waals surface area contributed by atoms with Crippen molar-refractivity contribution in [3.05, 3.63) is 48.5 Å². The summed E-state index contributed by atoms with van der Waals surface area (Å²) in [7, 11) is -3.94. The average Bonchev–Trinajstić information content (AvgIpc) is 2.58. The van der Waals surface area contributed by atoms with Crippen molar-refractivity contribution in [3.8, 4) is 5.75 Å². The third-order valence-electron chi connectivity index (χ3n) is 3.19. The van der Waals surface area contributed by atoms with Gasteiger partial charge in [-0.2, -0.15) is 5.10 Å². The number of phenols is 1. The molecule has 0 saturated heterocycles. The third-order valence-corrected chi connectivity index (χ3v) is 4.10. The monoisotopic (exact) mass is 378 g/mol. The summed E-state index contributed by atoms with van der Waals surface area (Å²) in [5.41, 5.74) is 5.80. The molecule has 2 rings (SSSR count). The van der Waals surface area contributed by atoms with E-state index in [0.717, 1.165) is 18.2 Å². The zero-order valence-corrected chi connectivity index (χ0v) is 14.7. The van der Waals surface area contributed by atoms with Crippen LogP contribution in [0.25, 0.3) is 0 Å². The Labute approximate surface area is 150 Å². The van der Waals surface area contributed by atoms with Crippen molar-refractivity contribution in [1.29, 1.82) is 0 Å². The fourth-order valence-corrected chi connectivity index (χ4v) is 2.36. The molecule has 0 amide bonds. The van der Waals surface area contributed by atoms with Gasteiger partial charge in [0.15, 0.2) is 5.78 Å². The van der Waals surface area contributed by atoms with E-state index >= 15 is 0 Å². The molecule has 0 aliphatic carbocycles. The molecule has 0 atom stereocenters. The van der Waals surface area contributed by atoms with Crippen molar-refractivity contribution in [1.82, 2.24) is 0 Å². The molecular weight excluding hydrogens is 360 g/mol. The number of hydrogen-bond acceptors (Lipinski definition) is 8. The number of anilines is 2. The van der Waals surface area contributed by atoms with Gasteiger partial charge in [-0.25, -0.2) is 13.6 Å². The van der Waals surface area contributed by atoms with Gasteiger partial charge in [0.1, 0.15) is 18.1 Å². The summed E-state index contributed by atoms with van der Waals surface area (Å²) >= 11 is 0. The Morgan fingerprint density at radius 1 is 1.23 bits per heavy atom. The Balaban J connectivity index is 2.08. The first kappa shape index (κ1) is 19.4. The zero-order chi connectivity index (χ0) is 19.2. The van der Waals surface area contributed by atoms with Crippen LogP contribution in [0, 0.1) is 0 Å². The van der Waals surface area contributed by atoms with Crippen LogP contribution in [0.2, 0.25) is 0 Å². The summed E-state index contributed by atoms with van der Waals surface area (Å²) in [5, 5.41) is 18.7. The highest BCUT2D eigenvalue weighted by Crippen LogP contribution is 2.25. The number of ketones is 1. The Morgan fingerprint density at radius 3 is 2.54 bits per heavy atom. The Morgan fingerprint density at radius 2 is 1.92 bits per heavy atom. The molecule has 9 nitrogen and oxygen atoms in total. The van der Waals surface area contributed by atoms with Crippen LogP contribution in [0.4, 0.5) is 11.4 Å². The maximum atomic E-state index is 11.7. The summed E-state index contributed by atoms with van der Waals surface area (Å²) in [4.78, 5) is 16.7. The van der Waals surface area contributed by atoms with Crippen LogP contribution in [0.3, 0.4) is 0 Å². The number of hydrogen-bond donors (Lipinski definition) is 4. The summed E-state index contributed by atoms with van der Waals surface area (Å²) < 4.78 is 22.7. The van der Waals surface area contributed by atoms with E-state index in [1.165, 1.54) is 6.92 Å². The lowest BCUT2D eigenvalue weighted by atomic mass is 10.3. The SMILES string of the molecule is CC(=O)C(CONc1ccccc1)=NNc1cc(S(N)(=O)=O)ccc1O. The van der Waals surface area contributed by atoms with Gasteiger partial charge in [-0.3, -0.25) is 20.5 Å². The van der Waals surface area contributed by atoms with Crippen LogP contribution in [0.15, 0.2) is 58.5 Å². The second kappa shape index (κ2) is 8.43. The quantitative estimate of drug-likeness (QED) is 0.309. The predicted octanol–water partition coefficient (Wildman–Crippen LogP) is 1.44. The topological polar surface area (TPSA) is 143 Å². The second-order valence-electron chi connectivity index (χ2n) is 5.21. The van der Waals surface area contributed by atoms with E-state index in [4.69, 9.17) is 9.98 Å². The van der Waals surface area contributed by atoms with Gasteiger partial charge in [0.2, 0.25) is 10.0 Å². The zero-order valence-electron chi connectivity index (χ0n) is 13.8. The number of hydrazone groups is 1. The van der Waals surface area contributed by atoms with Crippen LogP contribution in [-0.4, -0.2) is 31.6 Å². The van der Waals surface area contributed by atoms with E-state index in [1.54, 1.807) is 12.1 Å². The standard InChI is InChI=1S/C16H18N4O5S/c1-11(21)15(10-25-20-12-5-3-2-4-6-12)19-18-14-9-13(26(17,23)24)7-8-16(14)22/h2-9,18,20,22H,10H2,1H3,(H2,17,23,24). The summed E-state index contributed by atoms with van der Waals surface area (Å²) in [6, 6.07) is 12.4. The maximum Gasteiger partial charge on any atom is 0.238 e. The van der Waals surface area contributed by atoms with E-state index in [2.05, 4.69) is 16.0 Å². The molecule has 2 aromatic carbocycles. The van der Waals surface area contributed by atoms with Gasteiger partial charge < -0.3 is 5.11 Å². The molecule has 0 aliphatic rings. The van der Waals surface area contributed by atoms with Crippen molar-refractivity contribution in [2.75, 3.05) is 17.5 Å². The van der Waals surface area contributed by atoms with Gasteiger partial charge in [0.05, 0.1) is 16.3 Å². The first-order valence-electron chi connectivity index (χ1n) is 7.39. The molecule has 138 valence electrons. The largest absolute Gasteiger partial charge is 0.506 e. The summed E-state index contributed by atoms with van der Waals surface area (Å²) in [6.45, 7) is 1.14. The van der Waals surface area contributed by atoms with Crippen LogP contribution in [0.1, 0.15) is 6.92 Å². The molecule has 0 radical (unpaired) electrons. The molecule has 0 unspecified atom stereocenters. The molecule has 10 heteroatoms. The van der Waals surface area contributed by atoms with Crippen molar-refractivity contribution in [2.24, 2.45) is 10.2 Å². The smallest absolute Gasteiger partial charge is 0.238 e. The molecule has 0 heterocycles. The second-order valence-corrected chi connectivity index (χ2v) is 6.77. The Bertz CT molecular complexity index is 913. The highest BCUT2D eigenvalue weighted by atomic mass is 32.2. The van der Waals surface area contributed by atoms with E-state index in [0.29, 0.717) is 5.69 Å². The Hall–Kier alpha value is -2.95. The molecule has 0 spiro atoms. The number of nitrogens with zero attached hydrogens (tertiary/aromatic N) is 1. The van der Waals surface area contributed by atoms with Gasteiger partial charge in [0, 0.05) is 6.92 Å². The Kier molecular flexibility index (Phi) is 6.28. The van der Waals surface area contributed by atoms with Gasteiger partial charge in [-0.1, -0.05) is 18.2 Å². The number of Topliss-reactive ketones (excluding diaryl/α,β-unsaturated/α-hetero) is 1. The number of rotatable bonds is 8. The lowest BCUT2D eigenvalue weighted by molar-refractivity contribution is -0.111. The number of aromatic hydroxyl groups is 1. The van der Waals surface area contributed by atoms with E-state index in [9.17, 15) is 18.3 Å². The van der Waals surface area contributed by atoms with Crippen LogP contribution in [-0.2, 0) is 19.7 Å². The molecule has 0 bridgehead atoms. The van der Waals surface area contributed by atoms with Gasteiger partial charge in [-0.15, -0.1) is 0 Å². The number of nitrogens with one attached hydrogen (secondary N) is 2. The molecule has 2 aromatic rings. The van der Waals surface area contributed by atoms with Crippen LogP contribution < -0.4 is 16.0 Å². The summed E-state index contributed by atoms with van der Waals surface area (Å²) in [6.07, 6.45) is 0. The highest BCUT2D eigenvalue weighted by molar-refractivity contribution is 7.89. The number of benzene rings is 2. The first-order chi connectivity index (χ1) is 12.3. The van der Waals surface area contributed by atoms with Crippen LogP contribution >= 0.6 is 0 Å². The number of carbonyl (C=O) groups is 1. The molecule has 0 aliphatic heterocycles. The molecular formula is C16H18N4O5S. The van der Waals surface area contributed by atoms with Gasteiger partial charge >= 0.3 is 0 Å². The van der Waals surface area contributed by atoms with Crippen molar-refractivity contribution in [3.63, 3.8) is 0 Å². The number of nitrogens with two attached hydrogens (primary N) is 1. The molecule has 0 saturated carbocycles. The lowest BCUT2D eigenvalue weighted by Gasteiger charge is -2.09. The fraction of sp³-hybridized carbons (Fsp3) is 0.125. The number of sulfonamides is 1. The highest BCUT2D eigenvalue weighted by Gasteiger charge is 2.12. The molecule has 5 N–H and O–H groups in total. The third kappa shape index (κ3) is 5.55. The van der Waals surface area contributed by atoms with Crippen LogP contribution in [0.5, 0.6) is 5.75 Å². The minimum atomic E-state index is -3.94. The maximum absolute atomic E-state index is 11.7. The van der Waals surface area contributed by atoms with E-state index in [-0.39, 0.29) is 34.4 Å². The minimum absolute atomic E-state index is 0.0220. The molecule has 26 heavy (non-hydrogen) atoms. The number of para-hydroxylation sites is 1. The van der Waals surface area contributed by atoms with Crippen molar-refractivity contribution >= 4 is 32.9 Å². The van der Waals surface area contributed by atoms with Gasteiger partial charge in [-0.05, 0) is 30.3 Å². The van der Waals surface area contributed by atoms with Crippen molar-refractivity contribution in [2.45, 2.75) is 11.8 Å². The summed E-state index contributed by atoms with van der Waals surface area (Å²) in [5.74, 6) is -0.623.